The Morgan fingerprint density at radius 2 is 1.10 bits per heavy atom. The molecule has 25 nitrogen and oxygen atoms in total. The maximum absolute atomic E-state index is 14.0. The zero-order chi connectivity index (χ0) is 51.9. The molecule has 400 valence electrons. The second-order valence-corrected chi connectivity index (χ2v) is 16.3. The van der Waals surface area contributed by atoms with Gasteiger partial charge >= 0.3 is 5.97 Å². The minimum absolute atomic E-state index is 0.0320. The van der Waals surface area contributed by atoms with Crippen molar-refractivity contribution in [2.45, 2.75) is 82.0 Å². The molecule has 0 spiro atoms. The first kappa shape index (κ1) is 61.5. The fraction of sp³-hybridized carbons (Fsp3) is 0.667. The highest BCUT2D eigenvalue weighted by molar-refractivity contribution is 7.80. The summed E-state index contributed by atoms with van der Waals surface area (Å²) in [6.07, 6.45) is 0.656. The number of benzene rings is 1. The van der Waals surface area contributed by atoms with E-state index in [9.17, 15) is 43.5 Å². The Balaban J connectivity index is 1.78. The van der Waals surface area contributed by atoms with Crippen LogP contribution in [0.4, 0.5) is 0 Å². The van der Waals surface area contributed by atoms with Gasteiger partial charge in [0.05, 0.1) is 92.2 Å². The molecule has 0 radical (unpaired) electrons. The highest BCUT2D eigenvalue weighted by atomic mass is 32.1. The smallest absolute Gasteiger partial charge is 0.305 e. The zero-order valence-electron chi connectivity index (χ0n) is 40.3. The molecule has 1 fully saturated rings. The number of carboxylic acid groups (broad SMARTS) is 1. The van der Waals surface area contributed by atoms with Gasteiger partial charge in [0.25, 0.3) is 0 Å². The molecule has 1 aliphatic rings. The van der Waals surface area contributed by atoms with Crippen LogP contribution < -0.4 is 48.7 Å². The van der Waals surface area contributed by atoms with Crippen LogP contribution in [-0.2, 0) is 73.2 Å². The number of nitrogens with two attached hydrogens (primary N) is 2. The molecule has 1 saturated heterocycles. The number of unbranched alkanes of at least 4 members (excludes halogenated alkanes) is 1. The van der Waals surface area contributed by atoms with E-state index in [1.54, 1.807) is 30.3 Å². The number of carboxylic acids is 1. The van der Waals surface area contributed by atoms with Crippen LogP contribution in [0.2, 0.25) is 0 Å². The molecule has 71 heavy (non-hydrogen) atoms. The van der Waals surface area contributed by atoms with Crippen molar-refractivity contribution in [3.63, 3.8) is 0 Å². The van der Waals surface area contributed by atoms with Crippen molar-refractivity contribution in [2.24, 2.45) is 16.5 Å². The molecule has 0 unspecified atom stereocenters. The van der Waals surface area contributed by atoms with Crippen LogP contribution in [0.15, 0.2) is 35.3 Å². The Morgan fingerprint density at radius 3 is 1.68 bits per heavy atom. The number of guanidine groups is 1. The van der Waals surface area contributed by atoms with E-state index >= 15 is 0 Å². The Hall–Kier alpha value is -5.64. The molecule has 1 aromatic rings. The highest BCUT2D eigenvalue weighted by Crippen LogP contribution is 2.09. The molecule has 26 heteroatoms. The molecule has 0 saturated carbocycles. The Labute approximate surface area is 419 Å². The molecule has 0 aliphatic carbocycles. The molecule has 12 N–H and O–H groups in total. The molecule has 1 aromatic carbocycles. The Morgan fingerprint density at radius 1 is 0.606 bits per heavy atom. The summed E-state index contributed by atoms with van der Waals surface area (Å²) >= 11 is 4.01. The van der Waals surface area contributed by atoms with Gasteiger partial charge in [0.15, 0.2) is 5.96 Å². The molecule has 0 aromatic heterocycles. The first-order valence-corrected chi connectivity index (χ1v) is 24.3. The van der Waals surface area contributed by atoms with Crippen LogP contribution in [-0.4, -0.2) is 194 Å². The van der Waals surface area contributed by atoms with Gasteiger partial charge in [-0.1, -0.05) is 30.3 Å². The molecule has 4 atom stereocenters. The lowest BCUT2D eigenvalue weighted by molar-refractivity contribution is -0.141. The number of hydrogen-bond donors (Lipinski definition) is 11. The zero-order valence-corrected chi connectivity index (χ0v) is 41.2. The van der Waals surface area contributed by atoms with Crippen LogP contribution in [0.25, 0.3) is 0 Å². The van der Waals surface area contributed by atoms with E-state index < -0.39 is 72.6 Å². The second kappa shape index (κ2) is 39.0. The number of aliphatic imine (C=N–C) groups is 1. The van der Waals surface area contributed by atoms with Gasteiger partial charge in [-0.25, -0.2) is 0 Å². The summed E-state index contributed by atoms with van der Waals surface area (Å²) in [5, 5.41) is 27.6. The van der Waals surface area contributed by atoms with E-state index in [2.05, 4.69) is 54.8 Å². The van der Waals surface area contributed by atoms with Gasteiger partial charge < -0.3 is 82.2 Å². The number of rotatable bonds is 36. The van der Waals surface area contributed by atoms with E-state index in [4.69, 9.17) is 39.9 Å². The maximum Gasteiger partial charge on any atom is 0.305 e. The number of aliphatic carboxylic acids is 1. The van der Waals surface area contributed by atoms with Crippen molar-refractivity contribution in [3.8, 4) is 0 Å². The summed E-state index contributed by atoms with van der Waals surface area (Å²) in [5.74, 6) is -5.50. The number of carbonyl (C=O) groups excluding carboxylic acids is 7. The standard InChI is InChI=1S/C45H74N10O15S/c46-45(47)50-14-6-10-33-41(61)51-31-39(58)52-36(30-40(59)60)44(64)55-35(29-32-7-2-1-3-8-32)43(63)54-34(42(62)53-33)9-4-5-13-48-37(56)11-16-65-18-20-67-22-24-69-26-27-70-25-23-68-21-19-66-17-15-49-38(57)12-28-71/h1-3,7-8,33-36,71H,4-6,9-31H2,(H,48,56)(H,49,57)(H,51,61)(H,52,58)(H,53,62)(H,54,63)(H,55,64)(H,59,60)(H4,46,47,50)/t33-,34-,35+,36-/m0/s1. The lowest BCUT2D eigenvalue weighted by Gasteiger charge is -2.26. The molecule has 0 bridgehead atoms. The Bertz CT molecular complexity index is 1780. The summed E-state index contributed by atoms with van der Waals surface area (Å²) in [6, 6.07) is 3.29. The van der Waals surface area contributed by atoms with Crippen molar-refractivity contribution < 1.29 is 71.9 Å². The second-order valence-electron chi connectivity index (χ2n) is 15.9. The third-order valence-corrected chi connectivity index (χ3v) is 10.3. The summed E-state index contributed by atoms with van der Waals surface area (Å²) in [7, 11) is 0. The molecule has 2 rings (SSSR count). The van der Waals surface area contributed by atoms with E-state index in [-0.39, 0.29) is 76.2 Å². The van der Waals surface area contributed by atoms with Crippen LogP contribution in [0.1, 0.15) is 56.9 Å². The van der Waals surface area contributed by atoms with Crippen molar-refractivity contribution in [3.05, 3.63) is 35.9 Å². The monoisotopic (exact) mass is 1030 g/mol. The lowest BCUT2D eigenvalue weighted by Crippen LogP contribution is -2.58. The lowest BCUT2D eigenvalue weighted by atomic mass is 10.0. The van der Waals surface area contributed by atoms with Crippen LogP contribution >= 0.6 is 12.6 Å². The van der Waals surface area contributed by atoms with E-state index in [0.717, 1.165) is 0 Å². The van der Waals surface area contributed by atoms with Crippen molar-refractivity contribution in [2.75, 3.05) is 111 Å². The first-order chi connectivity index (χ1) is 34.3. The number of thiol groups is 1. The van der Waals surface area contributed by atoms with Gasteiger partial charge in [-0.05, 0) is 43.4 Å². The normalized spacial score (nSPS) is 17.8. The van der Waals surface area contributed by atoms with E-state index in [1.165, 1.54) is 0 Å². The number of hydrogen-bond acceptors (Lipinski definition) is 16. The van der Waals surface area contributed by atoms with Crippen LogP contribution in [0.5, 0.6) is 0 Å². The largest absolute Gasteiger partial charge is 0.481 e. The predicted molar refractivity (Wildman–Crippen MR) is 261 cm³/mol. The van der Waals surface area contributed by atoms with Crippen molar-refractivity contribution in [1.82, 2.24) is 37.2 Å². The van der Waals surface area contributed by atoms with Gasteiger partial charge in [-0.15, -0.1) is 0 Å². The van der Waals surface area contributed by atoms with E-state index in [1.807, 2.05) is 0 Å². The summed E-state index contributed by atoms with van der Waals surface area (Å²) in [5.41, 5.74) is 11.5. The van der Waals surface area contributed by atoms with Gasteiger partial charge in [0.1, 0.15) is 24.2 Å². The first-order valence-electron chi connectivity index (χ1n) is 23.7. The number of nitrogens with one attached hydrogen (secondary N) is 7. The third-order valence-electron chi connectivity index (χ3n) is 10.1. The third kappa shape index (κ3) is 31.3. The van der Waals surface area contributed by atoms with Gasteiger partial charge in [0.2, 0.25) is 41.4 Å². The van der Waals surface area contributed by atoms with Gasteiger partial charge in [-0.3, -0.25) is 43.3 Å². The number of ether oxygens (including phenoxy) is 6. The van der Waals surface area contributed by atoms with Crippen molar-refractivity contribution >= 4 is 65.9 Å². The topological polar surface area (TPSA) is 361 Å². The average Bonchev–Trinajstić information content (AvgIpc) is 3.33. The molecular weight excluding hydrogens is 953 g/mol. The summed E-state index contributed by atoms with van der Waals surface area (Å²) in [6.45, 7) is 4.51. The quantitative estimate of drug-likeness (QED) is 0.0138. The van der Waals surface area contributed by atoms with Gasteiger partial charge in [0, 0.05) is 38.9 Å². The maximum atomic E-state index is 14.0. The molecule has 1 aliphatic heterocycles. The number of carbonyl (C=O) groups is 8. The van der Waals surface area contributed by atoms with Crippen LogP contribution in [0, 0.1) is 0 Å². The highest BCUT2D eigenvalue weighted by Gasteiger charge is 2.33. The number of amides is 7. The average molecular weight is 1030 g/mol. The molecular formula is C45H74N10O15S. The Kier molecular flexibility index (Phi) is 33.8. The summed E-state index contributed by atoms with van der Waals surface area (Å²) < 4.78 is 32.7. The van der Waals surface area contributed by atoms with E-state index in [0.29, 0.717) is 103 Å². The minimum Gasteiger partial charge on any atom is -0.481 e. The number of nitrogens with zero attached hydrogens (tertiary/aromatic N) is 1. The van der Waals surface area contributed by atoms with Gasteiger partial charge in [-0.2, -0.15) is 12.6 Å². The fourth-order valence-corrected chi connectivity index (χ4v) is 6.65. The fourth-order valence-electron chi connectivity index (χ4n) is 6.45. The molecule has 7 amide bonds. The van der Waals surface area contributed by atoms with Crippen LogP contribution in [0.3, 0.4) is 0 Å². The molecule has 1 heterocycles. The summed E-state index contributed by atoms with van der Waals surface area (Å²) in [4.78, 5) is 107. The van der Waals surface area contributed by atoms with Crippen molar-refractivity contribution in [1.29, 1.82) is 0 Å². The SMILES string of the molecule is NC(N)=NCCC[C@@H]1NC(=O)[C@H](CCCCNC(=O)CCOCCOCCOCCOCCOCCOCCNC(=O)CCS)NC(=O)[C@@H](Cc2ccccc2)NC(=O)[C@H](CC(=O)O)NC(=O)CNC1=O. The predicted octanol–water partition coefficient (Wildman–Crippen LogP) is -2.96. The minimum atomic E-state index is -1.61.